The van der Waals surface area contributed by atoms with Crippen molar-refractivity contribution in [2.24, 2.45) is 5.11 Å². The first-order valence-electron chi connectivity index (χ1n) is 7.14. The summed E-state index contributed by atoms with van der Waals surface area (Å²) in [5.74, 6) is -1.43. The highest BCUT2D eigenvalue weighted by Gasteiger charge is 2.34. The average molecular weight is 391 g/mol. The van der Waals surface area contributed by atoms with E-state index in [9.17, 15) is 26.3 Å². The maximum Gasteiger partial charge on any atom is 0.419 e. The minimum atomic E-state index is -4.87. The van der Waals surface area contributed by atoms with Crippen LogP contribution in [-0.2, 0) is 6.18 Å². The van der Waals surface area contributed by atoms with Crippen LogP contribution in [0.25, 0.3) is 0 Å². The molecule has 0 saturated heterocycles. The molecule has 6 nitrogen and oxygen atoms in total. The van der Waals surface area contributed by atoms with Crippen LogP contribution in [-0.4, -0.2) is 16.6 Å². The zero-order valence-electron chi connectivity index (χ0n) is 13.3. The summed E-state index contributed by atoms with van der Waals surface area (Å²) in [6, 6.07) is 2.85. The zero-order chi connectivity index (χ0) is 20.0. The topological polar surface area (TPSA) is 83.2 Å². The van der Waals surface area contributed by atoms with Gasteiger partial charge in [0, 0.05) is 18.1 Å². The number of halogens is 6. The lowest BCUT2D eigenvalue weighted by molar-refractivity contribution is -0.139. The fraction of sp³-hybridized carbons (Fsp3) is 0.200. The molecule has 0 fully saturated rings. The maximum absolute atomic E-state index is 13.2. The van der Waals surface area contributed by atoms with Crippen molar-refractivity contribution in [3.05, 3.63) is 59.4 Å². The fourth-order valence-electron chi connectivity index (χ4n) is 1.79. The van der Waals surface area contributed by atoms with Gasteiger partial charge in [0.05, 0.1) is 5.56 Å². The summed E-state index contributed by atoms with van der Waals surface area (Å²) in [7, 11) is 0. The van der Waals surface area contributed by atoms with Crippen molar-refractivity contribution < 1.29 is 31.1 Å². The highest BCUT2D eigenvalue weighted by molar-refractivity contribution is 5.49. The summed E-state index contributed by atoms with van der Waals surface area (Å²) >= 11 is 0. The number of nitrogens with one attached hydrogen (secondary N) is 2. The fourth-order valence-corrected chi connectivity index (χ4v) is 1.79. The molecule has 1 heterocycles. The number of nitrogens with zero attached hydrogens (tertiary/aromatic N) is 3. The molecule has 2 aromatic rings. The van der Waals surface area contributed by atoms with E-state index in [0.29, 0.717) is 12.1 Å². The van der Waals surface area contributed by atoms with Gasteiger partial charge >= 0.3 is 12.2 Å². The Morgan fingerprint density at radius 3 is 2.67 bits per heavy atom. The maximum atomic E-state index is 13.2. The van der Waals surface area contributed by atoms with Crippen LogP contribution in [0, 0.1) is 11.3 Å². The average Bonchev–Trinajstić information content (AvgIpc) is 2.62. The van der Waals surface area contributed by atoms with E-state index in [-0.39, 0.29) is 17.4 Å². The van der Waals surface area contributed by atoms with E-state index in [4.69, 9.17) is 10.3 Å². The predicted molar refractivity (Wildman–Crippen MR) is 80.7 cm³/mol. The zero-order valence-corrected chi connectivity index (χ0v) is 13.3. The number of benzene rings is 1. The Bertz CT molecular complexity index is 840. The largest absolute Gasteiger partial charge is 0.457 e. The highest BCUT2D eigenvalue weighted by Crippen LogP contribution is 2.33. The molecule has 0 bridgehead atoms. The van der Waals surface area contributed by atoms with Crippen LogP contribution in [0.2, 0.25) is 0 Å². The molecule has 1 aromatic heterocycles. The molecule has 0 amide bonds. The standard InChI is InChI=1S/C15H11F6N5O/c16-11-2-1-8(5-10(11)15(19,20)21)24-6-9(26-22)7-27-14-23-4-3-12(25-14)13(17)18/h1-6,13,22,24H,7H2/b9-6-,26-22?. The van der Waals surface area contributed by atoms with Crippen molar-refractivity contribution in [2.45, 2.75) is 12.6 Å². The molecule has 0 radical (unpaired) electrons. The molecule has 12 heteroatoms. The third-order valence-electron chi connectivity index (χ3n) is 3.05. The van der Waals surface area contributed by atoms with Crippen LogP contribution >= 0.6 is 0 Å². The molecule has 0 saturated carbocycles. The van der Waals surface area contributed by atoms with Gasteiger partial charge < -0.3 is 10.1 Å². The van der Waals surface area contributed by atoms with Crippen LogP contribution in [0.15, 0.2) is 47.5 Å². The van der Waals surface area contributed by atoms with E-state index in [1.807, 2.05) is 0 Å². The summed E-state index contributed by atoms with van der Waals surface area (Å²) in [5.41, 5.74) is 4.77. The molecule has 2 N–H and O–H groups in total. The molecule has 0 aliphatic rings. The van der Waals surface area contributed by atoms with Crippen LogP contribution in [0.1, 0.15) is 17.7 Å². The van der Waals surface area contributed by atoms with Crippen molar-refractivity contribution in [1.29, 1.82) is 5.53 Å². The predicted octanol–water partition coefficient (Wildman–Crippen LogP) is 4.94. The highest BCUT2D eigenvalue weighted by atomic mass is 19.4. The molecule has 0 spiro atoms. The second-order valence-corrected chi connectivity index (χ2v) is 4.94. The van der Waals surface area contributed by atoms with Gasteiger partial charge in [-0.05, 0) is 24.3 Å². The monoisotopic (exact) mass is 391 g/mol. The van der Waals surface area contributed by atoms with Crippen molar-refractivity contribution in [3.63, 3.8) is 0 Å². The number of anilines is 1. The van der Waals surface area contributed by atoms with Crippen molar-refractivity contribution >= 4 is 5.69 Å². The van der Waals surface area contributed by atoms with E-state index in [1.165, 1.54) is 0 Å². The van der Waals surface area contributed by atoms with Gasteiger partial charge in [-0.1, -0.05) is 0 Å². The lowest BCUT2D eigenvalue weighted by atomic mass is 10.2. The smallest absolute Gasteiger partial charge is 0.419 e. The molecule has 0 aliphatic carbocycles. The second kappa shape index (κ2) is 8.47. The summed E-state index contributed by atoms with van der Waals surface area (Å²) in [6.07, 6.45) is -5.60. The number of rotatable bonds is 7. The number of alkyl halides is 5. The lowest BCUT2D eigenvalue weighted by Crippen LogP contribution is -2.09. The SMILES string of the molecule is N=N/C(=C\Nc1ccc(F)c(C(F)(F)F)c1)COc1nccc(C(F)F)n1. The molecular weight excluding hydrogens is 380 g/mol. The Labute approximate surface area is 148 Å². The van der Waals surface area contributed by atoms with E-state index < -0.39 is 36.3 Å². The van der Waals surface area contributed by atoms with Crippen molar-refractivity contribution in [1.82, 2.24) is 9.97 Å². The van der Waals surface area contributed by atoms with Gasteiger partial charge in [-0.25, -0.2) is 23.7 Å². The number of hydrogen-bond acceptors (Lipinski definition) is 6. The van der Waals surface area contributed by atoms with E-state index >= 15 is 0 Å². The summed E-state index contributed by atoms with van der Waals surface area (Å²) < 4.78 is 81.4. The van der Waals surface area contributed by atoms with Gasteiger partial charge in [0.15, 0.2) is 0 Å². The molecular formula is C15H11F6N5O. The molecule has 0 atom stereocenters. The van der Waals surface area contributed by atoms with Crippen LogP contribution in [0.3, 0.4) is 0 Å². The quantitative estimate of drug-likeness (QED) is 0.518. The Morgan fingerprint density at radius 2 is 2.04 bits per heavy atom. The van der Waals surface area contributed by atoms with Gasteiger partial charge in [-0.2, -0.15) is 23.3 Å². The minimum Gasteiger partial charge on any atom is -0.457 e. The second-order valence-electron chi connectivity index (χ2n) is 4.94. The van der Waals surface area contributed by atoms with Gasteiger partial charge in [-0.15, -0.1) is 0 Å². The molecule has 0 aliphatic heterocycles. The Hall–Kier alpha value is -3.18. The van der Waals surface area contributed by atoms with Crippen LogP contribution < -0.4 is 10.1 Å². The Morgan fingerprint density at radius 1 is 1.30 bits per heavy atom. The Kier molecular flexibility index (Phi) is 6.32. The third-order valence-corrected chi connectivity index (χ3v) is 3.05. The molecule has 27 heavy (non-hydrogen) atoms. The first-order chi connectivity index (χ1) is 12.7. The molecule has 0 unspecified atom stereocenters. The number of aromatic nitrogens is 2. The summed E-state index contributed by atoms with van der Waals surface area (Å²) in [4.78, 5) is 7.06. The van der Waals surface area contributed by atoms with Gasteiger partial charge in [0.25, 0.3) is 6.43 Å². The van der Waals surface area contributed by atoms with Crippen LogP contribution in [0.4, 0.5) is 32.0 Å². The minimum absolute atomic E-state index is 0.110. The summed E-state index contributed by atoms with van der Waals surface area (Å²) in [6.45, 7) is -0.420. The van der Waals surface area contributed by atoms with Crippen molar-refractivity contribution in [2.75, 3.05) is 11.9 Å². The lowest BCUT2D eigenvalue weighted by Gasteiger charge is -2.10. The molecule has 144 valence electrons. The number of hydrogen-bond donors (Lipinski definition) is 2. The van der Waals surface area contributed by atoms with Gasteiger partial charge in [0.2, 0.25) is 0 Å². The van der Waals surface area contributed by atoms with E-state index in [1.54, 1.807) is 0 Å². The first-order valence-corrected chi connectivity index (χ1v) is 7.14. The number of ether oxygens (including phenoxy) is 1. The first kappa shape index (κ1) is 20.1. The van der Waals surface area contributed by atoms with Crippen LogP contribution in [0.5, 0.6) is 6.01 Å². The van der Waals surface area contributed by atoms with Gasteiger partial charge in [-0.3, -0.25) is 0 Å². The molecule has 1 aromatic carbocycles. The van der Waals surface area contributed by atoms with Gasteiger partial charge in [0.1, 0.15) is 23.8 Å². The Balaban J connectivity index is 2.07. The van der Waals surface area contributed by atoms with E-state index in [0.717, 1.165) is 24.5 Å². The molecule has 2 rings (SSSR count). The third kappa shape index (κ3) is 5.66. The van der Waals surface area contributed by atoms with E-state index in [2.05, 4.69) is 20.4 Å². The normalized spacial score (nSPS) is 12.2. The summed E-state index contributed by atoms with van der Waals surface area (Å²) in [5, 5.41) is 5.51. The van der Waals surface area contributed by atoms with Crippen molar-refractivity contribution in [3.8, 4) is 6.01 Å².